The van der Waals surface area contributed by atoms with E-state index < -0.39 is 0 Å². The van der Waals surface area contributed by atoms with Gasteiger partial charge in [-0.1, -0.05) is 0 Å². The smallest absolute Gasteiger partial charge is 0.182 e. The lowest BCUT2D eigenvalue weighted by Crippen LogP contribution is -2.26. The number of rotatable bonds is 4. The van der Waals surface area contributed by atoms with Crippen molar-refractivity contribution in [2.75, 3.05) is 23.9 Å². The third kappa shape index (κ3) is 1.87. The van der Waals surface area contributed by atoms with Gasteiger partial charge in [0.25, 0.3) is 0 Å². The number of aromatic amines is 1. The molecule has 0 aliphatic rings. The number of nitrogens with zero attached hydrogens (tertiary/aromatic N) is 4. The van der Waals surface area contributed by atoms with E-state index in [-0.39, 0.29) is 0 Å². The SMILES string of the molecule is CCN(CCCl)c1ncnc2nc[nH]c12. The van der Waals surface area contributed by atoms with Gasteiger partial charge in [0, 0.05) is 19.0 Å². The monoisotopic (exact) mass is 225 g/mol. The number of halogens is 1. The number of hydrogen-bond donors (Lipinski definition) is 1. The van der Waals surface area contributed by atoms with Gasteiger partial charge in [-0.25, -0.2) is 15.0 Å². The van der Waals surface area contributed by atoms with E-state index in [1.165, 1.54) is 6.33 Å². The number of nitrogens with one attached hydrogen (secondary N) is 1. The van der Waals surface area contributed by atoms with Crippen LogP contribution in [0.5, 0.6) is 0 Å². The highest BCUT2D eigenvalue weighted by molar-refractivity contribution is 6.18. The van der Waals surface area contributed by atoms with Crippen molar-refractivity contribution in [2.24, 2.45) is 0 Å². The molecule has 0 unspecified atom stereocenters. The zero-order valence-electron chi connectivity index (χ0n) is 8.44. The highest BCUT2D eigenvalue weighted by Crippen LogP contribution is 2.18. The molecule has 0 aromatic carbocycles. The summed E-state index contributed by atoms with van der Waals surface area (Å²) < 4.78 is 0. The lowest BCUT2D eigenvalue weighted by atomic mass is 10.4. The van der Waals surface area contributed by atoms with E-state index in [4.69, 9.17) is 11.6 Å². The molecule has 2 aromatic heterocycles. The van der Waals surface area contributed by atoms with E-state index in [2.05, 4.69) is 31.8 Å². The maximum absolute atomic E-state index is 5.74. The average Bonchev–Trinajstić information content (AvgIpc) is 2.73. The van der Waals surface area contributed by atoms with Crippen LogP contribution in [-0.4, -0.2) is 38.9 Å². The quantitative estimate of drug-likeness (QED) is 0.800. The van der Waals surface area contributed by atoms with E-state index >= 15 is 0 Å². The molecule has 2 heterocycles. The first kappa shape index (κ1) is 10.2. The first-order valence-corrected chi connectivity index (χ1v) is 5.35. The highest BCUT2D eigenvalue weighted by atomic mass is 35.5. The molecule has 0 aliphatic carbocycles. The highest BCUT2D eigenvalue weighted by Gasteiger charge is 2.11. The van der Waals surface area contributed by atoms with Gasteiger partial charge in [0.1, 0.15) is 11.8 Å². The number of hydrogen-bond acceptors (Lipinski definition) is 4. The molecule has 6 heteroatoms. The predicted molar refractivity (Wildman–Crippen MR) is 60.3 cm³/mol. The molecule has 0 saturated heterocycles. The zero-order valence-corrected chi connectivity index (χ0v) is 9.20. The molecule has 15 heavy (non-hydrogen) atoms. The van der Waals surface area contributed by atoms with Gasteiger partial charge >= 0.3 is 0 Å². The van der Waals surface area contributed by atoms with Gasteiger partial charge < -0.3 is 9.88 Å². The molecule has 2 aromatic rings. The Morgan fingerprint density at radius 1 is 1.40 bits per heavy atom. The van der Waals surface area contributed by atoms with Gasteiger partial charge in [-0.05, 0) is 6.92 Å². The summed E-state index contributed by atoms with van der Waals surface area (Å²) in [6.45, 7) is 3.69. The normalized spacial score (nSPS) is 10.8. The molecule has 0 radical (unpaired) electrons. The van der Waals surface area contributed by atoms with E-state index in [1.54, 1.807) is 6.33 Å². The Balaban J connectivity index is 2.44. The number of anilines is 1. The molecule has 0 saturated carbocycles. The molecule has 0 aliphatic heterocycles. The minimum atomic E-state index is 0.577. The van der Waals surface area contributed by atoms with Crippen molar-refractivity contribution in [1.29, 1.82) is 0 Å². The van der Waals surface area contributed by atoms with Gasteiger partial charge in [-0.2, -0.15) is 0 Å². The summed E-state index contributed by atoms with van der Waals surface area (Å²) in [6.07, 6.45) is 3.15. The lowest BCUT2D eigenvalue weighted by molar-refractivity contribution is 0.850. The van der Waals surface area contributed by atoms with Crippen molar-refractivity contribution < 1.29 is 0 Å². The molecule has 0 atom stereocenters. The standard InChI is InChI=1S/C9H12ClN5/c1-2-15(4-3-10)9-7-8(12-5-11-7)13-6-14-9/h5-6H,2-4H2,1H3,(H,11,12,13,14). The Morgan fingerprint density at radius 2 is 2.27 bits per heavy atom. The maximum atomic E-state index is 5.74. The minimum absolute atomic E-state index is 0.577. The van der Waals surface area contributed by atoms with Crippen LogP contribution in [0.15, 0.2) is 12.7 Å². The van der Waals surface area contributed by atoms with E-state index in [9.17, 15) is 0 Å². The third-order valence-electron chi connectivity index (χ3n) is 2.24. The maximum Gasteiger partial charge on any atom is 0.182 e. The average molecular weight is 226 g/mol. The summed E-state index contributed by atoms with van der Waals surface area (Å²) in [4.78, 5) is 17.5. The zero-order chi connectivity index (χ0) is 10.7. The summed E-state index contributed by atoms with van der Waals surface area (Å²) in [7, 11) is 0. The fraction of sp³-hybridized carbons (Fsp3) is 0.444. The summed E-state index contributed by atoms with van der Waals surface area (Å²) >= 11 is 5.74. The first-order valence-electron chi connectivity index (χ1n) is 4.81. The van der Waals surface area contributed by atoms with Crippen LogP contribution in [-0.2, 0) is 0 Å². The van der Waals surface area contributed by atoms with Crippen molar-refractivity contribution >= 4 is 28.6 Å². The fourth-order valence-electron chi connectivity index (χ4n) is 1.51. The molecule has 0 bridgehead atoms. The molecule has 0 fully saturated rings. The Hall–Kier alpha value is -1.36. The van der Waals surface area contributed by atoms with Crippen LogP contribution in [0.25, 0.3) is 11.2 Å². The Kier molecular flexibility index (Phi) is 3.01. The van der Waals surface area contributed by atoms with Gasteiger partial charge in [0.05, 0.1) is 6.33 Å². The Morgan fingerprint density at radius 3 is 3.00 bits per heavy atom. The summed E-state index contributed by atoms with van der Waals surface area (Å²) in [5.74, 6) is 1.44. The molecular weight excluding hydrogens is 214 g/mol. The van der Waals surface area contributed by atoms with Crippen LogP contribution in [0.2, 0.25) is 0 Å². The number of alkyl halides is 1. The van der Waals surface area contributed by atoms with Crippen LogP contribution in [0.1, 0.15) is 6.92 Å². The van der Waals surface area contributed by atoms with Crippen molar-refractivity contribution in [1.82, 2.24) is 19.9 Å². The number of aromatic nitrogens is 4. The second-order valence-electron chi connectivity index (χ2n) is 3.07. The summed E-state index contributed by atoms with van der Waals surface area (Å²) in [5, 5.41) is 0. The minimum Gasteiger partial charge on any atom is -0.354 e. The van der Waals surface area contributed by atoms with E-state index in [1.807, 2.05) is 0 Å². The third-order valence-corrected chi connectivity index (χ3v) is 2.41. The topological polar surface area (TPSA) is 57.7 Å². The first-order chi connectivity index (χ1) is 7.36. The molecule has 80 valence electrons. The second kappa shape index (κ2) is 4.44. The van der Waals surface area contributed by atoms with Crippen LogP contribution in [0.4, 0.5) is 5.82 Å². The molecule has 1 N–H and O–H groups in total. The predicted octanol–water partition coefficient (Wildman–Crippen LogP) is 1.42. The van der Waals surface area contributed by atoms with E-state index in [0.717, 1.165) is 24.4 Å². The number of H-pyrrole nitrogens is 1. The van der Waals surface area contributed by atoms with Gasteiger partial charge in [-0.15, -0.1) is 11.6 Å². The van der Waals surface area contributed by atoms with Crippen molar-refractivity contribution in [3.63, 3.8) is 0 Å². The largest absolute Gasteiger partial charge is 0.354 e. The van der Waals surface area contributed by atoms with Gasteiger partial charge in [0.15, 0.2) is 11.5 Å². The van der Waals surface area contributed by atoms with Crippen molar-refractivity contribution in [3.05, 3.63) is 12.7 Å². The van der Waals surface area contributed by atoms with Gasteiger partial charge in [-0.3, -0.25) is 0 Å². The van der Waals surface area contributed by atoms with Crippen molar-refractivity contribution in [2.45, 2.75) is 6.92 Å². The van der Waals surface area contributed by atoms with E-state index in [0.29, 0.717) is 11.5 Å². The van der Waals surface area contributed by atoms with Crippen LogP contribution >= 0.6 is 11.6 Å². The van der Waals surface area contributed by atoms with Crippen LogP contribution in [0, 0.1) is 0 Å². The summed E-state index contributed by atoms with van der Waals surface area (Å²) in [6, 6.07) is 0. The Bertz CT molecular complexity index is 441. The molecule has 5 nitrogen and oxygen atoms in total. The van der Waals surface area contributed by atoms with Crippen molar-refractivity contribution in [3.8, 4) is 0 Å². The van der Waals surface area contributed by atoms with Gasteiger partial charge in [0.2, 0.25) is 0 Å². The fourth-order valence-corrected chi connectivity index (χ4v) is 1.71. The van der Waals surface area contributed by atoms with Crippen LogP contribution in [0.3, 0.4) is 0 Å². The second-order valence-corrected chi connectivity index (χ2v) is 3.45. The Labute approximate surface area is 92.5 Å². The molecule has 2 rings (SSSR count). The molecule has 0 spiro atoms. The molecule has 0 amide bonds. The summed E-state index contributed by atoms with van der Waals surface area (Å²) in [5.41, 5.74) is 1.55. The number of imidazole rings is 1. The lowest BCUT2D eigenvalue weighted by Gasteiger charge is -2.20. The number of fused-ring (bicyclic) bond motifs is 1. The molecular formula is C9H12ClN5. The van der Waals surface area contributed by atoms with Crippen LogP contribution < -0.4 is 4.90 Å².